The molecule has 0 spiro atoms. The Morgan fingerprint density at radius 2 is 1.84 bits per heavy atom. The Balaban J connectivity index is 1.78. The number of aryl methyl sites for hydroxylation is 2. The number of aromatic nitrogens is 3. The molecular formula is C20H20N4O. The number of methoxy groups -OCH3 is 1. The number of ether oxygens (including phenoxy) is 1. The van der Waals surface area contributed by atoms with E-state index in [1.165, 1.54) is 11.1 Å². The molecule has 3 aromatic rings. The molecule has 0 aliphatic carbocycles. The minimum atomic E-state index is -0.0127. The molecule has 2 heterocycles. The van der Waals surface area contributed by atoms with Crippen LogP contribution in [0, 0.1) is 13.8 Å². The number of nitrogens with zero attached hydrogens (tertiary/aromatic N) is 3. The normalized spacial score (nSPS) is 16.0. The molecule has 1 aromatic heterocycles. The maximum atomic E-state index is 5.26. The highest BCUT2D eigenvalue weighted by Crippen LogP contribution is 2.32. The second-order valence-electron chi connectivity index (χ2n) is 6.25. The van der Waals surface area contributed by atoms with Crippen molar-refractivity contribution in [2.75, 3.05) is 12.4 Å². The zero-order valence-electron chi connectivity index (χ0n) is 14.5. The van der Waals surface area contributed by atoms with Crippen LogP contribution in [0.15, 0.2) is 54.9 Å². The van der Waals surface area contributed by atoms with E-state index in [1.54, 1.807) is 13.4 Å². The number of anilines is 1. The largest absolute Gasteiger partial charge is 0.497 e. The predicted molar refractivity (Wildman–Crippen MR) is 98.7 cm³/mol. The molecule has 5 nitrogen and oxygen atoms in total. The zero-order valence-corrected chi connectivity index (χ0v) is 14.5. The Morgan fingerprint density at radius 1 is 1.04 bits per heavy atom. The van der Waals surface area contributed by atoms with Gasteiger partial charge in [0.15, 0.2) is 0 Å². The lowest BCUT2D eigenvalue weighted by Gasteiger charge is -2.24. The molecule has 0 saturated carbocycles. The van der Waals surface area contributed by atoms with Gasteiger partial charge in [0.1, 0.15) is 18.1 Å². The fourth-order valence-electron chi connectivity index (χ4n) is 3.05. The maximum Gasteiger partial charge on any atom is 0.226 e. The van der Waals surface area contributed by atoms with Crippen LogP contribution in [0.3, 0.4) is 0 Å². The molecule has 0 saturated heterocycles. The highest BCUT2D eigenvalue weighted by molar-refractivity contribution is 5.77. The Hall–Kier alpha value is -3.08. The van der Waals surface area contributed by atoms with E-state index in [2.05, 4.69) is 65.7 Å². The van der Waals surface area contributed by atoms with Gasteiger partial charge in [-0.25, -0.2) is 4.68 Å². The number of hydrogen-bond donors (Lipinski definition) is 1. The van der Waals surface area contributed by atoms with Crippen LogP contribution in [-0.2, 0) is 0 Å². The third kappa shape index (κ3) is 2.78. The second-order valence-corrected chi connectivity index (χ2v) is 6.25. The summed E-state index contributed by atoms with van der Waals surface area (Å²) in [5.74, 6) is 1.59. The number of hydrogen-bond acceptors (Lipinski definition) is 4. The van der Waals surface area contributed by atoms with Gasteiger partial charge in [0.2, 0.25) is 5.95 Å². The number of fused-ring (bicyclic) bond motifs is 1. The zero-order chi connectivity index (χ0) is 17.4. The van der Waals surface area contributed by atoms with Gasteiger partial charge in [-0.1, -0.05) is 24.3 Å². The second kappa shape index (κ2) is 6.09. The van der Waals surface area contributed by atoms with Crippen LogP contribution in [0.4, 0.5) is 5.95 Å². The van der Waals surface area contributed by atoms with E-state index in [-0.39, 0.29) is 6.04 Å². The summed E-state index contributed by atoms with van der Waals surface area (Å²) in [6.07, 6.45) is 3.77. The van der Waals surface area contributed by atoms with E-state index in [9.17, 15) is 0 Å². The van der Waals surface area contributed by atoms with E-state index < -0.39 is 0 Å². The lowest BCUT2D eigenvalue weighted by atomic mass is 9.99. The predicted octanol–water partition coefficient (Wildman–Crippen LogP) is 3.96. The highest BCUT2D eigenvalue weighted by atomic mass is 16.5. The monoisotopic (exact) mass is 332 g/mol. The van der Waals surface area contributed by atoms with E-state index in [1.807, 2.05) is 16.8 Å². The van der Waals surface area contributed by atoms with Crippen LogP contribution in [0.1, 0.15) is 28.3 Å². The van der Waals surface area contributed by atoms with Crippen LogP contribution in [0.5, 0.6) is 5.75 Å². The van der Waals surface area contributed by atoms with Gasteiger partial charge in [0.25, 0.3) is 0 Å². The van der Waals surface area contributed by atoms with Crippen molar-refractivity contribution in [3.05, 3.63) is 77.1 Å². The van der Waals surface area contributed by atoms with Crippen molar-refractivity contribution in [2.45, 2.75) is 19.9 Å². The van der Waals surface area contributed by atoms with Crippen molar-refractivity contribution < 1.29 is 4.74 Å². The molecule has 2 aromatic carbocycles. The molecule has 1 N–H and O–H groups in total. The Kier molecular flexibility index (Phi) is 3.76. The summed E-state index contributed by atoms with van der Waals surface area (Å²) in [7, 11) is 1.67. The number of nitrogens with one attached hydrogen (secondary N) is 1. The third-order valence-corrected chi connectivity index (χ3v) is 4.68. The molecule has 0 bridgehead atoms. The van der Waals surface area contributed by atoms with Crippen LogP contribution < -0.4 is 10.1 Å². The summed E-state index contributed by atoms with van der Waals surface area (Å²) in [5, 5.41) is 7.77. The van der Waals surface area contributed by atoms with Gasteiger partial charge in [0.05, 0.1) is 7.11 Å². The molecule has 0 fully saturated rings. The van der Waals surface area contributed by atoms with E-state index in [4.69, 9.17) is 4.74 Å². The number of benzene rings is 2. The van der Waals surface area contributed by atoms with Gasteiger partial charge in [-0.2, -0.15) is 10.1 Å². The molecule has 4 rings (SSSR count). The van der Waals surface area contributed by atoms with Crippen molar-refractivity contribution in [1.82, 2.24) is 14.8 Å². The van der Waals surface area contributed by atoms with Gasteiger partial charge in [0, 0.05) is 5.70 Å². The fraction of sp³-hybridized carbons (Fsp3) is 0.200. The van der Waals surface area contributed by atoms with Crippen molar-refractivity contribution in [3.8, 4) is 5.75 Å². The number of rotatable bonds is 3. The van der Waals surface area contributed by atoms with E-state index in [0.717, 1.165) is 28.5 Å². The first-order valence-corrected chi connectivity index (χ1v) is 8.25. The third-order valence-electron chi connectivity index (χ3n) is 4.68. The van der Waals surface area contributed by atoms with Gasteiger partial charge in [-0.05, 0) is 60.4 Å². The molecule has 1 atom stereocenters. The van der Waals surface area contributed by atoms with Gasteiger partial charge in [-0.15, -0.1) is 0 Å². The fourth-order valence-corrected chi connectivity index (χ4v) is 3.05. The van der Waals surface area contributed by atoms with Crippen molar-refractivity contribution in [1.29, 1.82) is 0 Å². The number of allylic oxidation sites excluding steroid dienone is 1. The lowest BCUT2D eigenvalue weighted by molar-refractivity contribution is 0.414. The highest BCUT2D eigenvalue weighted by Gasteiger charge is 2.23. The average molecular weight is 332 g/mol. The molecule has 0 radical (unpaired) electrons. The topological polar surface area (TPSA) is 52.0 Å². The molecule has 5 heteroatoms. The summed E-state index contributed by atoms with van der Waals surface area (Å²) in [6, 6.07) is 14.5. The van der Waals surface area contributed by atoms with E-state index in [0.29, 0.717) is 0 Å². The first kappa shape index (κ1) is 15.4. The first-order chi connectivity index (χ1) is 12.2. The van der Waals surface area contributed by atoms with Crippen LogP contribution in [0.2, 0.25) is 0 Å². The molecule has 0 amide bonds. The van der Waals surface area contributed by atoms with Crippen LogP contribution >= 0.6 is 0 Å². The SMILES string of the molecule is COc1ccc(C2C=C(c3ccc(C)c(C)c3)Nc3ncnn32)cc1. The Morgan fingerprint density at radius 3 is 2.56 bits per heavy atom. The summed E-state index contributed by atoms with van der Waals surface area (Å²) >= 11 is 0. The first-order valence-electron chi connectivity index (χ1n) is 8.25. The van der Waals surface area contributed by atoms with E-state index >= 15 is 0 Å². The molecule has 1 aliphatic heterocycles. The molecule has 1 aliphatic rings. The Bertz CT molecular complexity index is 941. The average Bonchev–Trinajstić information content (AvgIpc) is 3.12. The van der Waals surface area contributed by atoms with Crippen LogP contribution in [-0.4, -0.2) is 21.9 Å². The molecular weight excluding hydrogens is 312 g/mol. The van der Waals surface area contributed by atoms with Crippen molar-refractivity contribution >= 4 is 11.6 Å². The molecule has 25 heavy (non-hydrogen) atoms. The Labute approximate surface area is 147 Å². The summed E-state index contributed by atoms with van der Waals surface area (Å²) in [6.45, 7) is 4.25. The van der Waals surface area contributed by atoms with Crippen LogP contribution in [0.25, 0.3) is 5.70 Å². The maximum absolute atomic E-state index is 5.26. The smallest absolute Gasteiger partial charge is 0.226 e. The summed E-state index contributed by atoms with van der Waals surface area (Å²) < 4.78 is 7.16. The summed E-state index contributed by atoms with van der Waals surface area (Å²) in [4.78, 5) is 4.36. The van der Waals surface area contributed by atoms with Gasteiger partial charge < -0.3 is 10.1 Å². The molecule has 1 unspecified atom stereocenters. The van der Waals surface area contributed by atoms with Crippen molar-refractivity contribution in [2.24, 2.45) is 0 Å². The minimum Gasteiger partial charge on any atom is -0.497 e. The lowest BCUT2D eigenvalue weighted by Crippen LogP contribution is -2.20. The standard InChI is InChI=1S/C20H20N4O/c1-13-4-5-16(10-14(13)2)18-11-19(24-20(23-18)21-12-22-24)15-6-8-17(25-3)9-7-15/h4-12,19H,1-3H3,(H,21,22,23). The quantitative estimate of drug-likeness (QED) is 0.789. The molecule has 126 valence electrons. The van der Waals surface area contributed by atoms with Crippen molar-refractivity contribution in [3.63, 3.8) is 0 Å². The van der Waals surface area contributed by atoms with Gasteiger partial charge in [-0.3, -0.25) is 0 Å². The van der Waals surface area contributed by atoms with Gasteiger partial charge >= 0.3 is 0 Å². The summed E-state index contributed by atoms with van der Waals surface area (Å²) in [5.41, 5.74) is 5.89. The minimum absolute atomic E-state index is 0.0127.